The molecule has 0 aliphatic heterocycles. The van der Waals surface area contributed by atoms with Gasteiger partial charge in [0.1, 0.15) is 5.25 Å². The second-order valence-corrected chi connectivity index (χ2v) is 4.23. The summed E-state index contributed by atoms with van der Waals surface area (Å²) in [4.78, 5) is 11.0. The summed E-state index contributed by atoms with van der Waals surface area (Å²) in [6.07, 6.45) is 0. The molecule has 0 aliphatic rings. The first kappa shape index (κ1) is 12.5. The molecule has 0 aromatic heterocycles. The lowest BCUT2D eigenvalue weighted by Crippen LogP contribution is -2.23. The summed E-state index contributed by atoms with van der Waals surface area (Å²) < 4.78 is 0. The van der Waals surface area contributed by atoms with Crippen LogP contribution in [0.4, 0.5) is 0 Å². The lowest BCUT2D eigenvalue weighted by atomic mass is 10.1. The standard InChI is InChI=1S/C10H10O2S3/c11-10(12)9(15)8(14)7-3-1-6(5-13)2-4-7/h1-4,9,13,15H,5H2,(H,11,12). The van der Waals surface area contributed by atoms with Gasteiger partial charge in [-0.3, -0.25) is 4.79 Å². The van der Waals surface area contributed by atoms with E-state index in [2.05, 4.69) is 25.3 Å². The van der Waals surface area contributed by atoms with Gasteiger partial charge >= 0.3 is 5.97 Å². The van der Waals surface area contributed by atoms with Crippen LogP contribution in [0.25, 0.3) is 0 Å². The van der Waals surface area contributed by atoms with E-state index >= 15 is 0 Å². The molecule has 5 heteroatoms. The summed E-state index contributed by atoms with van der Waals surface area (Å²) in [5, 5.41) is 7.81. The largest absolute Gasteiger partial charge is 0.480 e. The first-order valence-corrected chi connectivity index (χ1v) is 5.77. The van der Waals surface area contributed by atoms with Gasteiger partial charge < -0.3 is 5.11 Å². The highest BCUT2D eigenvalue weighted by molar-refractivity contribution is 7.87. The second-order valence-electron chi connectivity index (χ2n) is 2.96. The molecule has 1 aromatic rings. The van der Waals surface area contributed by atoms with Crippen LogP contribution in [-0.2, 0) is 10.5 Å². The summed E-state index contributed by atoms with van der Waals surface area (Å²) in [7, 11) is 0. The predicted molar refractivity (Wildman–Crippen MR) is 71.2 cm³/mol. The van der Waals surface area contributed by atoms with Crippen LogP contribution in [0.1, 0.15) is 11.1 Å². The fourth-order valence-electron chi connectivity index (χ4n) is 1.04. The van der Waals surface area contributed by atoms with Gasteiger partial charge in [-0.05, 0) is 11.1 Å². The molecule has 0 fully saturated rings. The molecule has 80 valence electrons. The van der Waals surface area contributed by atoms with Crippen molar-refractivity contribution in [3.63, 3.8) is 0 Å². The van der Waals surface area contributed by atoms with Crippen LogP contribution in [0, 0.1) is 0 Å². The smallest absolute Gasteiger partial charge is 0.321 e. The van der Waals surface area contributed by atoms with E-state index in [0.717, 1.165) is 11.1 Å². The zero-order valence-corrected chi connectivity index (χ0v) is 10.4. The Morgan fingerprint density at radius 1 is 1.40 bits per heavy atom. The van der Waals surface area contributed by atoms with Crippen molar-refractivity contribution >= 4 is 48.3 Å². The van der Waals surface area contributed by atoms with Crippen LogP contribution in [0.15, 0.2) is 24.3 Å². The van der Waals surface area contributed by atoms with Gasteiger partial charge in [0.25, 0.3) is 0 Å². The lowest BCUT2D eigenvalue weighted by Gasteiger charge is -2.08. The molecule has 0 amide bonds. The maximum Gasteiger partial charge on any atom is 0.321 e. The number of carboxylic acid groups (broad SMARTS) is 1. The van der Waals surface area contributed by atoms with Crippen molar-refractivity contribution in [3.8, 4) is 0 Å². The Labute approximate surface area is 105 Å². The van der Waals surface area contributed by atoms with E-state index in [-0.39, 0.29) is 0 Å². The van der Waals surface area contributed by atoms with Gasteiger partial charge in [-0.1, -0.05) is 36.5 Å². The van der Waals surface area contributed by atoms with Crippen molar-refractivity contribution in [1.29, 1.82) is 0 Å². The van der Waals surface area contributed by atoms with Gasteiger partial charge in [-0.15, -0.1) is 0 Å². The monoisotopic (exact) mass is 258 g/mol. The van der Waals surface area contributed by atoms with Gasteiger partial charge in [-0.25, -0.2) is 0 Å². The molecule has 2 nitrogen and oxygen atoms in total. The molecule has 15 heavy (non-hydrogen) atoms. The van der Waals surface area contributed by atoms with Crippen LogP contribution in [0.3, 0.4) is 0 Å². The number of aliphatic carboxylic acids is 1. The Kier molecular flexibility index (Phi) is 4.63. The number of thiol groups is 2. The molecule has 0 saturated carbocycles. The highest BCUT2D eigenvalue weighted by Gasteiger charge is 2.18. The third-order valence-electron chi connectivity index (χ3n) is 1.90. The van der Waals surface area contributed by atoms with E-state index in [9.17, 15) is 4.79 Å². The van der Waals surface area contributed by atoms with E-state index in [1.165, 1.54) is 0 Å². The van der Waals surface area contributed by atoms with Crippen molar-refractivity contribution in [2.75, 3.05) is 0 Å². The van der Waals surface area contributed by atoms with Gasteiger partial charge in [0.2, 0.25) is 0 Å². The summed E-state index contributed by atoms with van der Waals surface area (Å²) >= 11 is 13.1. The summed E-state index contributed by atoms with van der Waals surface area (Å²) in [5.41, 5.74) is 1.79. The molecule has 0 heterocycles. The number of rotatable bonds is 4. The first-order valence-electron chi connectivity index (χ1n) is 4.21. The number of hydrogen-bond acceptors (Lipinski definition) is 4. The molecule has 0 radical (unpaired) electrons. The van der Waals surface area contributed by atoms with Crippen molar-refractivity contribution in [2.24, 2.45) is 0 Å². The highest BCUT2D eigenvalue weighted by atomic mass is 32.1. The Balaban J connectivity index is 2.87. The van der Waals surface area contributed by atoms with E-state index in [0.29, 0.717) is 10.6 Å². The average Bonchev–Trinajstić information content (AvgIpc) is 2.27. The summed E-state index contributed by atoms with van der Waals surface area (Å²) in [6.45, 7) is 0. The molecule has 0 bridgehead atoms. The van der Waals surface area contributed by atoms with Crippen molar-refractivity contribution < 1.29 is 9.90 Å². The van der Waals surface area contributed by atoms with E-state index in [4.69, 9.17) is 17.3 Å². The predicted octanol–water partition coefficient (Wildman–Crippen LogP) is 2.22. The van der Waals surface area contributed by atoms with Gasteiger partial charge in [0, 0.05) is 10.6 Å². The van der Waals surface area contributed by atoms with Crippen LogP contribution in [-0.4, -0.2) is 21.2 Å². The molecule has 1 unspecified atom stereocenters. The summed E-state index contributed by atoms with van der Waals surface area (Å²) in [6, 6.07) is 7.33. The first-order chi connectivity index (χ1) is 7.06. The van der Waals surface area contributed by atoms with Crippen molar-refractivity contribution in [2.45, 2.75) is 11.0 Å². The Bertz CT molecular complexity index is 373. The molecule has 1 aromatic carbocycles. The molecular weight excluding hydrogens is 248 g/mol. The minimum absolute atomic E-state index is 0.330. The Hall–Kier alpha value is -0.520. The minimum Gasteiger partial charge on any atom is -0.480 e. The quantitative estimate of drug-likeness (QED) is 0.440. The lowest BCUT2D eigenvalue weighted by molar-refractivity contribution is -0.135. The van der Waals surface area contributed by atoms with E-state index < -0.39 is 11.2 Å². The van der Waals surface area contributed by atoms with Crippen LogP contribution >= 0.6 is 37.5 Å². The fraction of sp³-hybridized carbons (Fsp3) is 0.200. The Morgan fingerprint density at radius 3 is 2.33 bits per heavy atom. The van der Waals surface area contributed by atoms with Crippen LogP contribution in [0.5, 0.6) is 0 Å². The fourth-order valence-corrected chi connectivity index (χ4v) is 1.64. The topological polar surface area (TPSA) is 37.3 Å². The minimum atomic E-state index is -1.03. The molecule has 1 atom stereocenters. The number of hydrogen-bond donors (Lipinski definition) is 3. The van der Waals surface area contributed by atoms with Crippen molar-refractivity contribution in [3.05, 3.63) is 35.4 Å². The van der Waals surface area contributed by atoms with E-state index in [1.54, 1.807) is 12.1 Å². The summed E-state index contributed by atoms with van der Waals surface area (Å²) in [5.74, 6) is -0.377. The number of carboxylic acids is 1. The molecule has 0 aliphatic carbocycles. The third kappa shape index (κ3) is 3.22. The molecule has 1 rings (SSSR count). The average molecular weight is 258 g/mol. The zero-order valence-electron chi connectivity index (χ0n) is 7.75. The second kappa shape index (κ2) is 5.53. The normalized spacial score (nSPS) is 12.1. The van der Waals surface area contributed by atoms with E-state index in [1.807, 2.05) is 12.1 Å². The van der Waals surface area contributed by atoms with Crippen LogP contribution in [0.2, 0.25) is 0 Å². The molecule has 0 saturated heterocycles. The van der Waals surface area contributed by atoms with Gasteiger partial charge in [0.15, 0.2) is 0 Å². The SMILES string of the molecule is O=C(O)C(S)C(=S)c1ccc(CS)cc1. The van der Waals surface area contributed by atoms with Gasteiger partial charge in [-0.2, -0.15) is 25.3 Å². The van der Waals surface area contributed by atoms with Crippen molar-refractivity contribution in [1.82, 2.24) is 0 Å². The Morgan fingerprint density at radius 2 is 1.93 bits per heavy atom. The number of carbonyl (C=O) groups is 1. The zero-order chi connectivity index (χ0) is 11.4. The maximum absolute atomic E-state index is 10.7. The number of thiocarbonyl (C=S) groups is 1. The molecule has 0 spiro atoms. The molecule has 1 N–H and O–H groups in total. The van der Waals surface area contributed by atoms with Gasteiger partial charge in [0.05, 0.1) is 0 Å². The highest BCUT2D eigenvalue weighted by Crippen LogP contribution is 2.12. The third-order valence-corrected chi connectivity index (χ3v) is 3.39. The van der Waals surface area contributed by atoms with Crippen LogP contribution < -0.4 is 0 Å². The maximum atomic E-state index is 10.7. The molecular formula is C10H10O2S3. The number of benzene rings is 1.